The topological polar surface area (TPSA) is 90.7 Å². The molecule has 0 saturated carbocycles. The molecule has 7 nitrogen and oxygen atoms in total. The van der Waals surface area contributed by atoms with Crippen molar-refractivity contribution in [2.24, 2.45) is 0 Å². The number of nitro benzene ring substituents is 1. The molecule has 136 valence electrons. The highest BCUT2D eigenvalue weighted by Crippen LogP contribution is 2.33. The summed E-state index contributed by atoms with van der Waals surface area (Å²) in [5, 5.41) is 13.7. The first-order chi connectivity index (χ1) is 12.5. The van der Waals surface area contributed by atoms with Crippen LogP contribution in [0.2, 0.25) is 5.02 Å². The second kappa shape index (κ2) is 8.05. The van der Waals surface area contributed by atoms with Crippen molar-refractivity contribution >= 4 is 23.2 Å². The van der Waals surface area contributed by atoms with Crippen LogP contribution in [-0.2, 0) is 4.79 Å². The zero-order valence-corrected chi connectivity index (χ0v) is 14.6. The summed E-state index contributed by atoms with van der Waals surface area (Å²) in [4.78, 5) is 22.1. The second-order valence-corrected chi connectivity index (χ2v) is 6.25. The lowest BCUT2D eigenvalue weighted by molar-refractivity contribution is -0.384. The number of nitro groups is 1. The minimum atomic E-state index is -0.522. The lowest BCUT2D eigenvalue weighted by Gasteiger charge is -2.16. The summed E-state index contributed by atoms with van der Waals surface area (Å²) in [6.45, 7) is 0.682. The number of benzene rings is 2. The van der Waals surface area contributed by atoms with Crippen molar-refractivity contribution in [3.63, 3.8) is 0 Å². The van der Waals surface area contributed by atoms with E-state index in [2.05, 4.69) is 5.32 Å². The molecule has 1 amide bonds. The van der Waals surface area contributed by atoms with Gasteiger partial charge in [0.25, 0.3) is 11.6 Å². The smallest absolute Gasteiger partial charge is 0.271 e. The van der Waals surface area contributed by atoms with Crippen LogP contribution < -0.4 is 14.8 Å². The summed E-state index contributed by atoms with van der Waals surface area (Å²) in [6, 6.07) is 10.8. The number of carbonyl (C=O) groups excluding carboxylic acids is 1. The van der Waals surface area contributed by atoms with Gasteiger partial charge in [-0.25, -0.2) is 0 Å². The first-order valence-corrected chi connectivity index (χ1v) is 8.57. The van der Waals surface area contributed by atoms with Crippen LogP contribution in [0, 0.1) is 10.1 Å². The number of carbonyl (C=O) groups is 1. The van der Waals surface area contributed by atoms with Crippen molar-refractivity contribution < 1.29 is 19.2 Å². The molecule has 2 aromatic rings. The maximum atomic E-state index is 11.9. The number of nitrogens with one attached hydrogen (secondary N) is 1. The maximum Gasteiger partial charge on any atom is 0.271 e. The Kier molecular flexibility index (Phi) is 5.58. The highest BCUT2D eigenvalue weighted by Gasteiger charge is 2.22. The number of hydrogen-bond donors (Lipinski definition) is 1. The monoisotopic (exact) mass is 376 g/mol. The van der Waals surface area contributed by atoms with Crippen LogP contribution in [0.1, 0.15) is 19.3 Å². The molecular weight excluding hydrogens is 360 g/mol. The number of rotatable bonds is 5. The first kappa shape index (κ1) is 18.0. The standard InChI is InChI=1S/C18H17ClN2O5/c19-15-11-12(21(23)24)4-9-16(15)25-13-5-7-14(8-6-13)26-17-3-1-2-10-20-18(17)22/h4-9,11,17H,1-3,10H2,(H,20,22)/t17-/m1/s1. The summed E-state index contributed by atoms with van der Waals surface area (Å²) in [6.07, 6.45) is 2.08. The number of ether oxygens (including phenoxy) is 2. The summed E-state index contributed by atoms with van der Waals surface area (Å²) in [5.74, 6) is 1.28. The molecule has 0 spiro atoms. The Hall–Kier alpha value is -2.80. The number of amides is 1. The molecular formula is C18H17ClN2O5. The van der Waals surface area contributed by atoms with Gasteiger partial charge >= 0.3 is 0 Å². The van der Waals surface area contributed by atoms with Crippen LogP contribution >= 0.6 is 11.6 Å². The van der Waals surface area contributed by atoms with E-state index in [1.807, 2.05) is 0 Å². The Morgan fingerprint density at radius 1 is 1.12 bits per heavy atom. The summed E-state index contributed by atoms with van der Waals surface area (Å²) >= 11 is 6.02. The van der Waals surface area contributed by atoms with Gasteiger partial charge in [-0.05, 0) is 49.6 Å². The third-order valence-electron chi connectivity index (χ3n) is 3.94. The fourth-order valence-corrected chi connectivity index (χ4v) is 2.80. The van der Waals surface area contributed by atoms with Crippen molar-refractivity contribution in [1.82, 2.24) is 5.32 Å². The fraction of sp³-hybridized carbons (Fsp3) is 0.278. The van der Waals surface area contributed by atoms with Gasteiger partial charge in [0.15, 0.2) is 6.10 Å². The van der Waals surface area contributed by atoms with E-state index >= 15 is 0 Å². The van der Waals surface area contributed by atoms with Crippen LogP contribution in [-0.4, -0.2) is 23.5 Å². The molecule has 0 aliphatic carbocycles. The Labute approximate surface area is 155 Å². The van der Waals surface area contributed by atoms with Crippen LogP contribution in [0.15, 0.2) is 42.5 Å². The average molecular weight is 377 g/mol. The zero-order valence-electron chi connectivity index (χ0n) is 13.8. The highest BCUT2D eigenvalue weighted by molar-refractivity contribution is 6.32. The zero-order chi connectivity index (χ0) is 18.5. The van der Waals surface area contributed by atoms with Gasteiger partial charge in [0.2, 0.25) is 0 Å². The normalized spacial score (nSPS) is 17.1. The van der Waals surface area contributed by atoms with E-state index in [0.717, 1.165) is 12.8 Å². The average Bonchev–Trinajstić information content (AvgIpc) is 2.83. The maximum absolute atomic E-state index is 11.9. The molecule has 1 heterocycles. The predicted molar refractivity (Wildman–Crippen MR) is 95.9 cm³/mol. The summed E-state index contributed by atoms with van der Waals surface area (Å²) in [5.41, 5.74) is -0.104. The summed E-state index contributed by atoms with van der Waals surface area (Å²) in [7, 11) is 0. The molecule has 0 radical (unpaired) electrons. The SMILES string of the molecule is O=C1NCCCC[C@H]1Oc1ccc(Oc2ccc([N+](=O)[O-])cc2Cl)cc1. The number of non-ortho nitro benzene ring substituents is 1. The molecule has 26 heavy (non-hydrogen) atoms. The van der Waals surface area contributed by atoms with Gasteiger partial charge in [0.05, 0.1) is 9.95 Å². The third kappa shape index (κ3) is 4.43. The lowest BCUT2D eigenvalue weighted by Crippen LogP contribution is -2.36. The van der Waals surface area contributed by atoms with Gasteiger partial charge in [-0.1, -0.05) is 11.6 Å². The van der Waals surface area contributed by atoms with Gasteiger partial charge < -0.3 is 14.8 Å². The quantitative estimate of drug-likeness (QED) is 0.627. The lowest BCUT2D eigenvalue weighted by atomic mass is 10.2. The van der Waals surface area contributed by atoms with Crippen molar-refractivity contribution in [1.29, 1.82) is 0 Å². The predicted octanol–water partition coefficient (Wildman–Crippen LogP) is 4.09. The molecule has 1 atom stereocenters. The Morgan fingerprint density at radius 2 is 1.85 bits per heavy atom. The Balaban J connectivity index is 1.66. The van der Waals surface area contributed by atoms with Crippen LogP contribution in [0.3, 0.4) is 0 Å². The largest absolute Gasteiger partial charge is 0.481 e. The van der Waals surface area contributed by atoms with E-state index in [-0.39, 0.29) is 16.6 Å². The van der Waals surface area contributed by atoms with Crippen LogP contribution in [0.5, 0.6) is 17.2 Å². The molecule has 0 unspecified atom stereocenters. The molecule has 1 fully saturated rings. The third-order valence-corrected chi connectivity index (χ3v) is 4.24. The number of hydrogen-bond acceptors (Lipinski definition) is 5. The minimum absolute atomic E-state index is 0.0968. The molecule has 2 aromatic carbocycles. The molecule has 1 aliphatic rings. The minimum Gasteiger partial charge on any atom is -0.481 e. The van der Waals surface area contributed by atoms with E-state index in [0.29, 0.717) is 30.2 Å². The van der Waals surface area contributed by atoms with E-state index in [4.69, 9.17) is 21.1 Å². The molecule has 3 rings (SSSR count). The van der Waals surface area contributed by atoms with Gasteiger partial charge in [-0.3, -0.25) is 14.9 Å². The van der Waals surface area contributed by atoms with E-state index in [1.54, 1.807) is 24.3 Å². The van der Waals surface area contributed by atoms with Crippen molar-refractivity contribution in [3.8, 4) is 17.2 Å². The van der Waals surface area contributed by atoms with Gasteiger partial charge in [0, 0.05) is 18.7 Å². The highest BCUT2D eigenvalue weighted by atomic mass is 35.5. The Morgan fingerprint density at radius 3 is 2.54 bits per heavy atom. The van der Waals surface area contributed by atoms with Crippen LogP contribution in [0.25, 0.3) is 0 Å². The molecule has 0 aromatic heterocycles. The second-order valence-electron chi connectivity index (χ2n) is 5.84. The molecule has 1 saturated heterocycles. The van der Waals surface area contributed by atoms with E-state index in [1.165, 1.54) is 18.2 Å². The number of halogens is 1. The molecule has 0 bridgehead atoms. The van der Waals surface area contributed by atoms with E-state index < -0.39 is 11.0 Å². The molecule has 1 N–H and O–H groups in total. The van der Waals surface area contributed by atoms with Gasteiger partial charge in [-0.15, -0.1) is 0 Å². The molecule has 8 heteroatoms. The first-order valence-electron chi connectivity index (χ1n) is 8.19. The van der Waals surface area contributed by atoms with Crippen molar-refractivity contribution in [2.75, 3.05) is 6.54 Å². The van der Waals surface area contributed by atoms with E-state index in [9.17, 15) is 14.9 Å². The molecule has 1 aliphatic heterocycles. The number of nitrogens with zero attached hydrogens (tertiary/aromatic N) is 1. The van der Waals surface area contributed by atoms with Crippen molar-refractivity contribution in [3.05, 3.63) is 57.6 Å². The Bertz CT molecular complexity index is 810. The van der Waals surface area contributed by atoms with Gasteiger partial charge in [0.1, 0.15) is 17.2 Å². The fourth-order valence-electron chi connectivity index (χ4n) is 2.59. The van der Waals surface area contributed by atoms with Gasteiger partial charge in [-0.2, -0.15) is 0 Å². The van der Waals surface area contributed by atoms with Crippen molar-refractivity contribution in [2.45, 2.75) is 25.4 Å². The summed E-state index contributed by atoms with van der Waals surface area (Å²) < 4.78 is 11.4. The van der Waals surface area contributed by atoms with Crippen LogP contribution in [0.4, 0.5) is 5.69 Å².